The number of nitrogens with two attached hydrogens (primary N) is 1. The molecule has 0 aliphatic heterocycles. The van der Waals surface area contributed by atoms with Gasteiger partial charge in [0.25, 0.3) is 0 Å². The smallest absolute Gasteiger partial charge is 0.130 e. The van der Waals surface area contributed by atoms with Crippen molar-refractivity contribution in [2.24, 2.45) is 0 Å². The molecular formula is C7H8BrN3. The van der Waals surface area contributed by atoms with E-state index in [2.05, 4.69) is 32.7 Å². The summed E-state index contributed by atoms with van der Waals surface area (Å²) in [5.41, 5.74) is 7.04. The molecule has 1 rings (SSSR count). The molecule has 0 spiro atoms. The third kappa shape index (κ3) is 2.01. The Bertz CT molecular complexity index is 272. The van der Waals surface area contributed by atoms with Crippen molar-refractivity contribution in [2.45, 2.75) is 6.42 Å². The first-order valence-electron chi connectivity index (χ1n) is 3.12. The first-order chi connectivity index (χ1) is 5.24. The molecule has 0 unspecified atom stereocenters. The Morgan fingerprint density at radius 3 is 2.91 bits per heavy atom. The van der Waals surface area contributed by atoms with Gasteiger partial charge in [-0.15, -0.1) is 11.7 Å². The van der Waals surface area contributed by atoms with Crippen LogP contribution in [0.3, 0.4) is 0 Å². The third-order valence-electron chi connectivity index (χ3n) is 1.21. The molecule has 0 aliphatic carbocycles. The van der Waals surface area contributed by atoms with E-state index in [4.69, 9.17) is 5.73 Å². The topological polar surface area (TPSA) is 51.8 Å². The van der Waals surface area contributed by atoms with E-state index < -0.39 is 0 Å². The van der Waals surface area contributed by atoms with Crippen LogP contribution in [0.15, 0.2) is 23.3 Å². The molecule has 0 saturated heterocycles. The monoisotopic (exact) mass is 213 g/mol. The van der Waals surface area contributed by atoms with Crippen molar-refractivity contribution in [1.82, 2.24) is 10.2 Å². The summed E-state index contributed by atoms with van der Waals surface area (Å²) in [5.74, 6) is 0. The molecule has 0 amide bonds. The van der Waals surface area contributed by atoms with Crippen LogP contribution in [0.1, 0.15) is 5.69 Å². The van der Waals surface area contributed by atoms with Crippen molar-refractivity contribution in [3.63, 3.8) is 0 Å². The van der Waals surface area contributed by atoms with Gasteiger partial charge in [0.1, 0.15) is 4.60 Å². The lowest BCUT2D eigenvalue weighted by molar-refractivity contribution is 0.936. The molecule has 1 aromatic heterocycles. The molecule has 11 heavy (non-hydrogen) atoms. The fourth-order valence-corrected chi connectivity index (χ4v) is 1.03. The molecule has 1 aromatic rings. The van der Waals surface area contributed by atoms with Crippen molar-refractivity contribution < 1.29 is 0 Å². The van der Waals surface area contributed by atoms with Gasteiger partial charge in [0, 0.05) is 6.42 Å². The lowest BCUT2D eigenvalue weighted by Gasteiger charge is -1.99. The maximum atomic E-state index is 5.63. The SMILES string of the molecule is C=CCc1nnc(Br)cc1N. The first kappa shape index (κ1) is 8.20. The Kier molecular flexibility index (Phi) is 2.59. The van der Waals surface area contributed by atoms with E-state index in [1.54, 1.807) is 12.1 Å². The van der Waals surface area contributed by atoms with E-state index in [0.717, 1.165) is 5.69 Å². The van der Waals surface area contributed by atoms with Gasteiger partial charge in [-0.05, 0) is 22.0 Å². The standard InChI is InChI=1S/C7H8BrN3/c1-2-3-6-5(9)4-7(8)11-10-6/h2,4H,1,3H2,(H2,9,11). The number of allylic oxidation sites excluding steroid dienone is 1. The van der Waals surface area contributed by atoms with Crippen molar-refractivity contribution in [2.75, 3.05) is 5.73 Å². The van der Waals surface area contributed by atoms with Crippen LogP contribution in [0.5, 0.6) is 0 Å². The molecule has 1 heterocycles. The molecule has 0 fully saturated rings. The summed E-state index contributed by atoms with van der Waals surface area (Å²) >= 11 is 3.17. The summed E-state index contributed by atoms with van der Waals surface area (Å²) < 4.78 is 0.655. The number of hydrogen-bond acceptors (Lipinski definition) is 3. The maximum absolute atomic E-state index is 5.63. The molecule has 0 radical (unpaired) electrons. The van der Waals surface area contributed by atoms with Crippen LogP contribution in [-0.2, 0) is 6.42 Å². The van der Waals surface area contributed by atoms with Gasteiger partial charge >= 0.3 is 0 Å². The van der Waals surface area contributed by atoms with Crippen LogP contribution in [-0.4, -0.2) is 10.2 Å². The summed E-state index contributed by atoms with van der Waals surface area (Å²) in [5, 5.41) is 7.67. The molecule has 4 heteroatoms. The maximum Gasteiger partial charge on any atom is 0.130 e. The number of nitrogens with zero attached hydrogens (tertiary/aromatic N) is 2. The highest BCUT2D eigenvalue weighted by Crippen LogP contribution is 2.13. The third-order valence-corrected chi connectivity index (χ3v) is 1.60. The predicted octanol–water partition coefficient (Wildman–Crippen LogP) is 1.55. The van der Waals surface area contributed by atoms with Gasteiger partial charge in [0.05, 0.1) is 11.4 Å². The molecule has 2 N–H and O–H groups in total. The molecule has 0 aromatic carbocycles. The molecule has 0 atom stereocenters. The first-order valence-corrected chi connectivity index (χ1v) is 3.92. The van der Waals surface area contributed by atoms with E-state index in [1.807, 2.05) is 0 Å². The van der Waals surface area contributed by atoms with Crippen molar-refractivity contribution in [3.05, 3.63) is 29.0 Å². The van der Waals surface area contributed by atoms with Gasteiger partial charge in [0.15, 0.2) is 0 Å². The number of halogens is 1. The van der Waals surface area contributed by atoms with Crippen LogP contribution in [0.2, 0.25) is 0 Å². The van der Waals surface area contributed by atoms with Crippen molar-refractivity contribution in [3.8, 4) is 0 Å². The lowest BCUT2D eigenvalue weighted by Crippen LogP contribution is -1.98. The van der Waals surface area contributed by atoms with E-state index in [1.165, 1.54) is 0 Å². The van der Waals surface area contributed by atoms with Gasteiger partial charge in [-0.2, -0.15) is 5.10 Å². The Morgan fingerprint density at radius 1 is 1.64 bits per heavy atom. The normalized spacial score (nSPS) is 9.55. The fraction of sp³-hybridized carbons (Fsp3) is 0.143. The van der Waals surface area contributed by atoms with E-state index >= 15 is 0 Å². The highest BCUT2D eigenvalue weighted by Gasteiger charge is 1.99. The average molecular weight is 214 g/mol. The number of nitrogen functional groups attached to an aromatic ring is 1. The quantitative estimate of drug-likeness (QED) is 0.759. The molecule has 3 nitrogen and oxygen atoms in total. The van der Waals surface area contributed by atoms with Gasteiger partial charge in [-0.3, -0.25) is 0 Å². The minimum atomic E-state index is 0.645. The lowest BCUT2D eigenvalue weighted by atomic mass is 10.2. The largest absolute Gasteiger partial charge is 0.397 e. The van der Waals surface area contributed by atoms with Crippen LogP contribution < -0.4 is 5.73 Å². The molecule has 0 saturated carbocycles. The van der Waals surface area contributed by atoms with Gasteiger partial charge in [-0.1, -0.05) is 6.08 Å². The van der Waals surface area contributed by atoms with E-state index in [-0.39, 0.29) is 0 Å². The molecular weight excluding hydrogens is 206 g/mol. The highest BCUT2D eigenvalue weighted by molar-refractivity contribution is 9.10. The van der Waals surface area contributed by atoms with Crippen LogP contribution >= 0.6 is 15.9 Å². The van der Waals surface area contributed by atoms with Crippen molar-refractivity contribution >= 4 is 21.6 Å². The summed E-state index contributed by atoms with van der Waals surface area (Å²) in [7, 11) is 0. The Hall–Kier alpha value is -0.900. The summed E-state index contributed by atoms with van der Waals surface area (Å²) in [4.78, 5) is 0. The second kappa shape index (κ2) is 3.48. The minimum absolute atomic E-state index is 0.645. The second-order valence-electron chi connectivity index (χ2n) is 2.06. The predicted molar refractivity (Wildman–Crippen MR) is 48.0 cm³/mol. The van der Waals surface area contributed by atoms with Crippen LogP contribution in [0.4, 0.5) is 5.69 Å². The second-order valence-corrected chi connectivity index (χ2v) is 2.87. The van der Waals surface area contributed by atoms with Crippen LogP contribution in [0.25, 0.3) is 0 Å². The highest BCUT2D eigenvalue weighted by atomic mass is 79.9. The van der Waals surface area contributed by atoms with Crippen LogP contribution in [0, 0.1) is 0 Å². The van der Waals surface area contributed by atoms with E-state index in [0.29, 0.717) is 16.7 Å². The summed E-state index contributed by atoms with van der Waals surface area (Å²) in [6.45, 7) is 3.58. The Balaban J connectivity index is 2.98. The zero-order valence-corrected chi connectivity index (χ0v) is 7.50. The molecule has 0 aliphatic rings. The number of rotatable bonds is 2. The van der Waals surface area contributed by atoms with Gasteiger partial charge < -0.3 is 5.73 Å². The Labute approximate surface area is 73.5 Å². The summed E-state index contributed by atoms with van der Waals surface area (Å²) in [6, 6.07) is 1.73. The zero-order chi connectivity index (χ0) is 8.27. The van der Waals surface area contributed by atoms with E-state index in [9.17, 15) is 0 Å². The number of aromatic nitrogens is 2. The Morgan fingerprint density at radius 2 is 2.36 bits per heavy atom. The average Bonchev–Trinajstić information content (AvgIpc) is 1.95. The zero-order valence-electron chi connectivity index (χ0n) is 5.92. The number of anilines is 1. The summed E-state index contributed by atoms with van der Waals surface area (Å²) in [6.07, 6.45) is 2.40. The van der Waals surface area contributed by atoms with Gasteiger partial charge in [-0.25, -0.2) is 0 Å². The molecule has 58 valence electrons. The minimum Gasteiger partial charge on any atom is -0.397 e. The van der Waals surface area contributed by atoms with Gasteiger partial charge in [0.2, 0.25) is 0 Å². The van der Waals surface area contributed by atoms with Crippen molar-refractivity contribution in [1.29, 1.82) is 0 Å². The molecule has 0 bridgehead atoms. The fourth-order valence-electron chi connectivity index (χ4n) is 0.702. The number of hydrogen-bond donors (Lipinski definition) is 1.